The molecule has 17 atom stereocenters. The predicted octanol–water partition coefficient (Wildman–Crippen LogP) is 6.75. The van der Waals surface area contributed by atoms with Crippen LogP contribution < -0.4 is 16.0 Å². The summed E-state index contributed by atoms with van der Waals surface area (Å²) in [7, 11) is 0. The molecule has 4 heterocycles. The van der Waals surface area contributed by atoms with Crippen molar-refractivity contribution >= 4 is 48.3 Å². The van der Waals surface area contributed by atoms with Crippen molar-refractivity contribution in [3.8, 4) is 0 Å². The van der Waals surface area contributed by atoms with Crippen molar-refractivity contribution in [3.63, 3.8) is 0 Å². The number of fused-ring (bicyclic) bond motifs is 1. The first-order valence-corrected chi connectivity index (χ1v) is 30.5. The van der Waals surface area contributed by atoms with Crippen molar-refractivity contribution in [1.29, 1.82) is 0 Å². The third-order valence-corrected chi connectivity index (χ3v) is 15.7. The molecule has 3 N–H and O–H groups in total. The lowest BCUT2D eigenvalue weighted by atomic mass is 9.83. The van der Waals surface area contributed by atoms with Crippen LogP contribution in [0.2, 0.25) is 0 Å². The fraction of sp³-hybridized carbons (Fsp3) is 0.492. The van der Waals surface area contributed by atoms with Gasteiger partial charge in [0.05, 0.1) is 37.3 Å². The van der Waals surface area contributed by atoms with Gasteiger partial charge >= 0.3 is 48.3 Å². The topological polar surface area (TPSA) is 403 Å². The van der Waals surface area contributed by atoms with Gasteiger partial charge in [-0.2, -0.15) is 0 Å². The summed E-state index contributed by atoms with van der Waals surface area (Å²) in [5.74, 6) is -3.63. The van der Waals surface area contributed by atoms with Gasteiger partial charge in [0.25, 0.3) is 0 Å². The van der Waals surface area contributed by atoms with Gasteiger partial charge in [-0.05, 0) is 52.6 Å². The lowest BCUT2D eigenvalue weighted by molar-refractivity contribution is -0.291. The minimum absolute atomic E-state index is 0.0505. The number of benzene rings is 4. The number of ether oxygens (including phenoxy) is 14. The predicted molar refractivity (Wildman–Crippen MR) is 322 cm³/mol. The van der Waals surface area contributed by atoms with Gasteiger partial charge in [-0.3, -0.25) is 19.2 Å². The number of esters is 4. The summed E-state index contributed by atoms with van der Waals surface area (Å²) >= 11 is 0. The molecule has 4 aliphatic heterocycles. The van der Waals surface area contributed by atoms with E-state index in [0.29, 0.717) is 11.1 Å². The number of carbonyl (C=O) groups excluding carboxylic acids is 8. The Bertz CT molecular complexity index is 3370. The first kappa shape index (κ1) is 69.6. The van der Waals surface area contributed by atoms with Crippen LogP contribution >= 0.6 is 0 Å². The van der Waals surface area contributed by atoms with Crippen LogP contribution in [0.25, 0.3) is 20.9 Å². The molecule has 32 heteroatoms. The molecule has 95 heavy (non-hydrogen) atoms. The maximum atomic E-state index is 14.2. The van der Waals surface area contributed by atoms with E-state index in [1.165, 1.54) is 4.90 Å². The van der Waals surface area contributed by atoms with E-state index < -0.39 is 165 Å². The van der Waals surface area contributed by atoms with Crippen molar-refractivity contribution in [2.24, 2.45) is 10.2 Å². The molecule has 4 saturated heterocycles. The quantitative estimate of drug-likeness (QED) is 0.0192. The number of carbonyl (C=O) groups is 8. The summed E-state index contributed by atoms with van der Waals surface area (Å²) in [6.45, 7) is 2.56. The zero-order valence-electron chi connectivity index (χ0n) is 52.0. The maximum Gasteiger partial charge on any atom is 0.410 e. The summed E-state index contributed by atoms with van der Waals surface area (Å²) in [4.78, 5) is 114. The molecule has 4 aromatic rings. The standard InChI is InChI=1S/C63H72N10O22/c1-35(74)82-34-48-53(93-58-49(70-72-65)54(87-37(3)76)52(86-36(2)75)47(90-58)28-66-71-64)56(88-38(4)77)59(91-48)94-55-50(45(27-46-51(55)95-62(80)69-46)68-61(79)84-32-41-21-13-7-14-22-41)92-57-44(67-60(78)83-31-40-19-11-6-12-20-40)26-25-43(89-57)30-73(29-39-17-9-5-10-18-39)63(81)85-33-42-23-15-8-16-24-42/h5-24,43-59H,25-34H2,1-4H3,(H,67,78)(H,68,79)(H,69,80)/t43-,44+,45-,46+,47-,48+,49+,50+,51-,52+,53+,54+,55-,56+,57+,58+,59-/m0/s1. The van der Waals surface area contributed by atoms with Crippen LogP contribution in [-0.2, 0) is 112 Å². The van der Waals surface area contributed by atoms with Crippen LogP contribution in [0.3, 0.4) is 0 Å². The number of azide groups is 2. The Kier molecular flexibility index (Phi) is 24.8. The number of hydrogen-bond donors (Lipinski definition) is 3. The second-order valence-electron chi connectivity index (χ2n) is 22.6. The molecule has 32 nitrogen and oxygen atoms in total. The molecule has 0 unspecified atom stereocenters. The number of nitrogens with one attached hydrogen (secondary N) is 3. The molecule has 5 aliphatic rings. The van der Waals surface area contributed by atoms with E-state index in [9.17, 15) is 49.4 Å². The Morgan fingerprint density at radius 1 is 0.558 bits per heavy atom. The van der Waals surface area contributed by atoms with Crippen LogP contribution in [0, 0.1) is 0 Å². The zero-order chi connectivity index (χ0) is 67.4. The fourth-order valence-corrected chi connectivity index (χ4v) is 11.6. The molecule has 0 aromatic heterocycles. The van der Waals surface area contributed by atoms with E-state index in [0.717, 1.165) is 38.8 Å². The average molecular weight is 1320 g/mol. The summed E-state index contributed by atoms with van der Waals surface area (Å²) in [5.41, 5.74) is 22.1. The normalized spacial score (nSPS) is 28.1. The molecule has 9 rings (SSSR count). The summed E-state index contributed by atoms with van der Waals surface area (Å²) in [5, 5.41) is 15.9. The van der Waals surface area contributed by atoms with Gasteiger partial charge in [-0.1, -0.05) is 132 Å². The Hall–Kier alpha value is -9.78. The zero-order valence-corrected chi connectivity index (χ0v) is 52.0. The van der Waals surface area contributed by atoms with Gasteiger partial charge in [0, 0.05) is 44.1 Å². The van der Waals surface area contributed by atoms with E-state index in [2.05, 4.69) is 36.0 Å². The lowest BCUT2D eigenvalue weighted by Crippen LogP contribution is -2.66. The molecule has 5 fully saturated rings. The fourth-order valence-electron chi connectivity index (χ4n) is 11.6. The highest BCUT2D eigenvalue weighted by atomic mass is 16.8. The molecular weight excluding hydrogens is 1250 g/mol. The van der Waals surface area contributed by atoms with Crippen molar-refractivity contribution in [1.82, 2.24) is 20.9 Å². The Morgan fingerprint density at radius 2 is 1.08 bits per heavy atom. The highest BCUT2D eigenvalue weighted by Crippen LogP contribution is 2.40. The Balaban J connectivity index is 1.09. The van der Waals surface area contributed by atoms with E-state index in [4.69, 9.17) is 66.3 Å². The summed E-state index contributed by atoms with van der Waals surface area (Å²) in [6.07, 6.45) is -23.7. The van der Waals surface area contributed by atoms with E-state index in [-0.39, 0.29) is 52.2 Å². The Morgan fingerprint density at radius 3 is 1.65 bits per heavy atom. The molecule has 1 aliphatic carbocycles. The summed E-state index contributed by atoms with van der Waals surface area (Å²) in [6, 6.07) is 30.9. The smallest absolute Gasteiger partial charge is 0.410 e. The molecule has 4 amide bonds. The van der Waals surface area contributed by atoms with E-state index in [1.54, 1.807) is 60.7 Å². The van der Waals surface area contributed by atoms with E-state index >= 15 is 0 Å². The monoisotopic (exact) mass is 1320 g/mol. The van der Waals surface area contributed by atoms with Crippen molar-refractivity contribution in [3.05, 3.63) is 164 Å². The van der Waals surface area contributed by atoms with Gasteiger partial charge in [0.2, 0.25) is 0 Å². The molecule has 1 saturated carbocycles. The molecule has 4 aromatic carbocycles. The van der Waals surface area contributed by atoms with Gasteiger partial charge in [0.15, 0.2) is 43.3 Å². The molecular formula is C63H72N10O22. The van der Waals surface area contributed by atoms with Crippen LogP contribution in [-0.4, -0.2) is 177 Å². The molecule has 0 bridgehead atoms. The van der Waals surface area contributed by atoms with Gasteiger partial charge in [0.1, 0.15) is 63.0 Å². The van der Waals surface area contributed by atoms with Crippen molar-refractivity contribution in [2.75, 3.05) is 19.7 Å². The third kappa shape index (κ3) is 19.6. The number of hydrogen-bond acceptors (Lipinski definition) is 24. The van der Waals surface area contributed by atoms with Crippen molar-refractivity contribution < 1.29 is 105 Å². The van der Waals surface area contributed by atoms with Crippen LogP contribution in [0.5, 0.6) is 0 Å². The highest BCUT2D eigenvalue weighted by Gasteiger charge is 2.60. The lowest BCUT2D eigenvalue weighted by Gasteiger charge is -2.46. The minimum Gasteiger partial charge on any atom is -0.463 e. The SMILES string of the molecule is CC(=O)OC[C@H]1O[C@@H](O[C@@H]2[C@H]3OC(=O)N[C@@H]3C[C@H](NC(=O)OCc3ccccc3)[C@H]2O[C@H]2O[C@H](CN(Cc3ccccc3)C(=O)OCc3ccccc3)CC[C@H]2NC(=O)OCc2ccccc2)[C@H](OC(C)=O)[C@@H]1O[C@H]1O[C@@H](CN=[N+]=[N-])[C@@H](OC(C)=O)[C@H](OC(C)=O)[C@H]1N=[N+]=[N-]. The molecule has 0 spiro atoms. The van der Waals surface area contributed by atoms with Crippen LogP contribution in [0.4, 0.5) is 19.2 Å². The first-order valence-electron chi connectivity index (χ1n) is 30.5. The Labute approximate surface area is 543 Å². The molecule has 506 valence electrons. The average Bonchev–Trinajstić information content (AvgIpc) is 1.69. The van der Waals surface area contributed by atoms with Crippen LogP contribution in [0.1, 0.15) is 69.2 Å². The number of amides is 4. The minimum atomic E-state index is -1.88. The van der Waals surface area contributed by atoms with Crippen molar-refractivity contribution in [2.45, 2.75) is 177 Å². The van der Waals surface area contributed by atoms with E-state index in [1.807, 2.05) is 60.7 Å². The first-order chi connectivity index (χ1) is 45.9. The van der Waals surface area contributed by atoms with Gasteiger partial charge < -0.3 is 87.2 Å². The number of alkyl carbamates (subject to hydrolysis) is 3. The molecule has 0 radical (unpaired) electrons. The largest absolute Gasteiger partial charge is 0.463 e. The second kappa shape index (κ2) is 33.9. The van der Waals surface area contributed by atoms with Gasteiger partial charge in [-0.15, -0.1) is 0 Å². The number of rotatable bonds is 26. The van der Waals surface area contributed by atoms with Gasteiger partial charge in [-0.25, -0.2) is 19.2 Å². The highest BCUT2D eigenvalue weighted by molar-refractivity contribution is 5.72. The van der Waals surface area contributed by atoms with Crippen LogP contribution in [0.15, 0.2) is 132 Å². The number of nitrogens with zero attached hydrogens (tertiary/aromatic N) is 7. The summed E-state index contributed by atoms with van der Waals surface area (Å²) < 4.78 is 85.9. The maximum absolute atomic E-state index is 14.2. The third-order valence-electron chi connectivity index (χ3n) is 15.7. The second-order valence-corrected chi connectivity index (χ2v) is 22.6.